The first-order valence-corrected chi connectivity index (χ1v) is 10.5. The van der Waals surface area contributed by atoms with Crippen LogP contribution in [0.25, 0.3) is 0 Å². The molecule has 0 radical (unpaired) electrons. The molecule has 4 unspecified atom stereocenters. The van der Waals surface area contributed by atoms with Crippen molar-refractivity contribution in [3.63, 3.8) is 0 Å². The largest absolute Gasteiger partial charge is 0.295 e. The maximum atomic E-state index is 6.59. The zero-order valence-corrected chi connectivity index (χ0v) is 17.1. The van der Waals surface area contributed by atoms with Crippen LogP contribution < -0.4 is 0 Å². The molecule has 0 aromatic rings. The summed E-state index contributed by atoms with van der Waals surface area (Å²) < 4.78 is 0. The van der Waals surface area contributed by atoms with Gasteiger partial charge in [0, 0.05) is 23.7 Å². The van der Waals surface area contributed by atoms with E-state index in [1.165, 1.54) is 44.9 Å². The van der Waals surface area contributed by atoms with E-state index in [-0.39, 0.29) is 11.1 Å². The molecular formula is C22H38N2O. The van der Waals surface area contributed by atoms with Crippen molar-refractivity contribution in [2.75, 3.05) is 0 Å². The molecule has 2 aliphatic heterocycles. The topological polar surface area (TPSA) is 15.7 Å². The first kappa shape index (κ1) is 19.2. The lowest BCUT2D eigenvalue weighted by Crippen LogP contribution is -2.66. The molecule has 3 nitrogen and oxygen atoms in total. The van der Waals surface area contributed by atoms with Gasteiger partial charge in [-0.2, -0.15) is 5.06 Å². The third kappa shape index (κ3) is 3.77. The molecule has 1 aliphatic carbocycles. The number of hydrogen-bond donors (Lipinski definition) is 0. The molecule has 1 saturated carbocycles. The summed E-state index contributed by atoms with van der Waals surface area (Å²) in [7, 11) is 0. The van der Waals surface area contributed by atoms with Crippen LogP contribution in [0.15, 0.2) is 0 Å². The highest BCUT2D eigenvalue weighted by molar-refractivity contribution is 5.17. The summed E-state index contributed by atoms with van der Waals surface area (Å²) in [5, 5.41) is 2.22. The minimum atomic E-state index is -0.327. The minimum absolute atomic E-state index is 0.0382. The van der Waals surface area contributed by atoms with E-state index in [4.69, 9.17) is 11.3 Å². The van der Waals surface area contributed by atoms with E-state index in [2.05, 4.69) is 50.5 Å². The van der Waals surface area contributed by atoms with Gasteiger partial charge >= 0.3 is 0 Å². The normalized spacial score (nSPS) is 40.9. The average molecular weight is 347 g/mol. The van der Waals surface area contributed by atoms with Crippen molar-refractivity contribution in [2.24, 2.45) is 0 Å². The number of nitrogens with zero attached hydrogens (tertiary/aromatic N) is 2. The first-order chi connectivity index (χ1) is 11.8. The summed E-state index contributed by atoms with van der Waals surface area (Å²) in [5.41, 5.74) is -0.366. The monoisotopic (exact) mass is 346 g/mol. The molecule has 0 spiro atoms. The fourth-order valence-electron chi connectivity index (χ4n) is 5.78. The highest BCUT2D eigenvalue weighted by atomic mass is 16.7. The number of terminal acetylenes is 1. The number of hydrogen-bond acceptors (Lipinski definition) is 3. The van der Waals surface area contributed by atoms with Crippen LogP contribution in [-0.2, 0) is 4.84 Å². The van der Waals surface area contributed by atoms with E-state index in [1.54, 1.807) is 0 Å². The van der Waals surface area contributed by atoms with Crippen molar-refractivity contribution in [2.45, 2.75) is 128 Å². The maximum absolute atomic E-state index is 6.59. The van der Waals surface area contributed by atoms with Crippen LogP contribution in [0.4, 0.5) is 0 Å². The minimum Gasteiger partial charge on any atom is -0.295 e. The Kier molecular flexibility index (Phi) is 5.55. The fraction of sp³-hybridized carbons (Fsp3) is 0.909. The van der Waals surface area contributed by atoms with Crippen LogP contribution in [0.3, 0.4) is 0 Å². The lowest BCUT2D eigenvalue weighted by atomic mass is 9.77. The lowest BCUT2D eigenvalue weighted by molar-refractivity contribution is -0.305. The Hall–Kier alpha value is -0.560. The van der Waals surface area contributed by atoms with E-state index < -0.39 is 0 Å². The number of rotatable bonds is 3. The molecule has 142 valence electrons. The van der Waals surface area contributed by atoms with Gasteiger partial charge in [0.25, 0.3) is 0 Å². The van der Waals surface area contributed by atoms with Gasteiger partial charge in [-0.05, 0) is 73.1 Å². The predicted octanol–water partition coefficient (Wildman–Crippen LogP) is 4.76. The van der Waals surface area contributed by atoms with E-state index in [1.807, 2.05) is 0 Å². The summed E-state index contributed by atoms with van der Waals surface area (Å²) in [6, 6.07) is 1.89. The van der Waals surface area contributed by atoms with Crippen LogP contribution in [0.2, 0.25) is 0 Å². The second-order valence-corrected chi connectivity index (χ2v) is 9.68. The molecule has 0 N–H and O–H groups in total. The third-order valence-electron chi connectivity index (χ3n) is 6.93. The summed E-state index contributed by atoms with van der Waals surface area (Å²) in [4.78, 5) is 9.34. The highest BCUT2D eigenvalue weighted by Gasteiger charge is 2.52. The standard InChI is InChI=1S/C22H38N2O/c1-7-22(6)16-19(23-17(2)13-14-18(23)3)15-21(4,5)24(22)25-20-11-9-8-10-12-20/h1,17-20H,8-16H2,2-6H3. The van der Waals surface area contributed by atoms with Crippen molar-refractivity contribution in [1.29, 1.82) is 0 Å². The third-order valence-corrected chi connectivity index (χ3v) is 6.93. The van der Waals surface area contributed by atoms with Crippen LogP contribution >= 0.6 is 0 Å². The Morgan fingerprint density at radius 2 is 1.52 bits per heavy atom. The smallest absolute Gasteiger partial charge is 0.105 e. The molecule has 0 aromatic carbocycles. The van der Waals surface area contributed by atoms with Crippen molar-refractivity contribution in [3.05, 3.63) is 0 Å². The SMILES string of the molecule is C#CC1(C)CC(N2C(C)CCC2C)CC(C)(C)N1OC1CCCCC1. The Morgan fingerprint density at radius 1 is 0.920 bits per heavy atom. The Bertz CT molecular complexity index is 495. The Balaban J connectivity index is 1.80. The van der Waals surface area contributed by atoms with Gasteiger partial charge < -0.3 is 0 Å². The summed E-state index contributed by atoms with van der Waals surface area (Å²) in [5.74, 6) is 3.13. The van der Waals surface area contributed by atoms with E-state index in [9.17, 15) is 0 Å². The number of piperidine rings is 1. The van der Waals surface area contributed by atoms with Crippen molar-refractivity contribution >= 4 is 0 Å². The Labute approximate surface area is 155 Å². The van der Waals surface area contributed by atoms with Crippen LogP contribution in [-0.4, -0.2) is 45.3 Å². The average Bonchev–Trinajstić information content (AvgIpc) is 2.90. The molecule has 0 amide bonds. The fourth-order valence-corrected chi connectivity index (χ4v) is 5.78. The first-order valence-electron chi connectivity index (χ1n) is 10.5. The second kappa shape index (κ2) is 7.22. The summed E-state index contributed by atoms with van der Waals surface area (Å²) in [6.07, 6.45) is 17.5. The van der Waals surface area contributed by atoms with Gasteiger partial charge in [-0.1, -0.05) is 25.2 Å². The molecule has 0 bridgehead atoms. The van der Waals surface area contributed by atoms with Gasteiger partial charge in [-0.15, -0.1) is 6.42 Å². The van der Waals surface area contributed by atoms with Gasteiger partial charge in [-0.25, -0.2) is 0 Å². The molecule has 4 atom stereocenters. The zero-order chi connectivity index (χ0) is 18.2. The maximum Gasteiger partial charge on any atom is 0.105 e. The van der Waals surface area contributed by atoms with Gasteiger partial charge in [0.1, 0.15) is 5.54 Å². The van der Waals surface area contributed by atoms with Gasteiger partial charge in [0.05, 0.1) is 6.10 Å². The number of likely N-dealkylation sites (tertiary alicyclic amines) is 1. The molecule has 3 rings (SSSR count). The summed E-state index contributed by atoms with van der Waals surface area (Å²) >= 11 is 0. The quantitative estimate of drug-likeness (QED) is 0.685. The van der Waals surface area contributed by atoms with Crippen LogP contribution in [0.5, 0.6) is 0 Å². The van der Waals surface area contributed by atoms with Gasteiger partial charge in [-0.3, -0.25) is 9.74 Å². The molecule has 2 heterocycles. The van der Waals surface area contributed by atoms with Gasteiger partial charge in [0.15, 0.2) is 0 Å². The van der Waals surface area contributed by atoms with E-state index in [0.29, 0.717) is 24.2 Å². The second-order valence-electron chi connectivity index (χ2n) is 9.68. The van der Waals surface area contributed by atoms with Crippen molar-refractivity contribution in [3.8, 4) is 12.3 Å². The summed E-state index contributed by atoms with van der Waals surface area (Å²) in [6.45, 7) is 11.6. The van der Waals surface area contributed by atoms with Crippen LogP contribution in [0.1, 0.15) is 92.4 Å². The van der Waals surface area contributed by atoms with Crippen molar-refractivity contribution < 1.29 is 4.84 Å². The molecule has 2 saturated heterocycles. The van der Waals surface area contributed by atoms with Crippen molar-refractivity contribution in [1.82, 2.24) is 9.96 Å². The molecule has 25 heavy (non-hydrogen) atoms. The molecule has 3 heteroatoms. The highest BCUT2D eigenvalue weighted by Crippen LogP contribution is 2.44. The Morgan fingerprint density at radius 3 is 2.08 bits per heavy atom. The lowest BCUT2D eigenvalue weighted by Gasteiger charge is -2.56. The zero-order valence-electron chi connectivity index (χ0n) is 17.1. The molecule has 3 fully saturated rings. The molecule has 0 aromatic heterocycles. The predicted molar refractivity (Wildman–Crippen MR) is 104 cm³/mol. The number of hydroxylamine groups is 2. The van der Waals surface area contributed by atoms with E-state index in [0.717, 1.165) is 12.8 Å². The molecule has 3 aliphatic rings. The van der Waals surface area contributed by atoms with Crippen LogP contribution in [0, 0.1) is 12.3 Å². The molecular weight excluding hydrogens is 308 g/mol. The van der Waals surface area contributed by atoms with Gasteiger partial charge in [0.2, 0.25) is 0 Å². The van der Waals surface area contributed by atoms with E-state index >= 15 is 0 Å².